The first-order valence-corrected chi connectivity index (χ1v) is 7.49. The number of ketones is 1. The second-order valence-electron chi connectivity index (χ2n) is 5.06. The SMILES string of the molecule is CCCCCOc1ccc2oc(=O)[nH]c2c1C(=O)CCC. The molecule has 0 fully saturated rings. The summed E-state index contributed by atoms with van der Waals surface area (Å²) >= 11 is 0. The highest BCUT2D eigenvalue weighted by atomic mass is 16.5. The molecule has 1 heterocycles. The summed E-state index contributed by atoms with van der Waals surface area (Å²) in [5.41, 5.74) is 1.25. The molecule has 0 aliphatic heterocycles. The van der Waals surface area contributed by atoms with Gasteiger partial charge in [-0.1, -0.05) is 26.7 Å². The Morgan fingerprint density at radius 2 is 2.05 bits per heavy atom. The van der Waals surface area contributed by atoms with Crippen LogP contribution in [0.4, 0.5) is 0 Å². The number of hydrogen-bond donors (Lipinski definition) is 1. The van der Waals surface area contributed by atoms with E-state index >= 15 is 0 Å². The predicted octanol–water partition coefficient (Wildman–Crippen LogP) is 3.67. The van der Waals surface area contributed by atoms with Crippen molar-refractivity contribution in [3.8, 4) is 5.75 Å². The number of fused-ring (bicyclic) bond motifs is 1. The molecule has 2 aromatic rings. The zero-order chi connectivity index (χ0) is 15.2. The van der Waals surface area contributed by atoms with E-state index in [1.54, 1.807) is 12.1 Å². The number of nitrogens with one attached hydrogen (secondary N) is 1. The van der Waals surface area contributed by atoms with Crippen molar-refractivity contribution in [2.24, 2.45) is 0 Å². The van der Waals surface area contributed by atoms with E-state index in [4.69, 9.17) is 9.15 Å². The number of carbonyl (C=O) groups excluding carboxylic acids is 1. The van der Waals surface area contributed by atoms with E-state index < -0.39 is 5.76 Å². The molecule has 1 N–H and O–H groups in total. The quantitative estimate of drug-likeness (QED) is 0.595. The van der Waals surface area contributed by atoms with Gasteiger partial charge >= 0.3 is 5.76 Å². The monoisotopic (exact) mass is 291 g/mol. The number of oxazole rings is 1. The molecule has 2 rings (SSSR count). The number of benzene rings is 1. The van der Waals surface area contributed by atoms with E-state index in [0.717, 1.165) is 25.7 Å². The normalized spacial score (nSPS) is 11.0. The average Bonchev–Trinajstić information content (AvgIpc) is 2.83. The van der Waals surface area contributed by atoms with E-state index in [1.807, 2.05) is 6.92 Å². The summed E-state index contributed by atoms with van der Waals surface area (Å²) in [6.07, 6.45) is 4.30. The summed E-state index contributed by atoms with van der Waals surface area (Å²) in [5.74, 6) is -0.0709. The standard InChI is InChI=1S/C16H21NO4/c1-3-5-6-10-20-12-8-9-13-15(17-16(19)21-13)14(12)11(18)7-4-2/h8-9H,3-7,10H2,1-2H3,(H,17,19). The van der Waals surface area contributed by atoms with E-state index in [9.17, 15) is 9.59 Å². The minimum Gasteiger partial charge on any atom is -0.493 e. The fourth-order valence-corrected chi connectivity index (χ4v) is 2.28. The minimum atomic E-state index is -0.557. The van der Waals surface area contributed by atoms with Crippen LogP contribution in [-0.4, -0.2) is 17.4 Å². The lowest BCUT2D eigenvalue weighted by Crippen LogP contribution is -2.06. The van der Waals surface area contributed by atoms with Crippen LogP contribution < -0.4 is 10.5 Å². The summed E-state index contributed by atoms with van der Waals surface area (Å²) in [6, 6.07) is 3.36. The second kappa shape index (κ2) is 7.11. The highest BCUT2D eigenvalue weighted by Gasteiger charge is 2.19. The van der Waals surface area contributed by atoms with Gasteiger partial charge < -0.3 is 9.15 Å². The van der Waals surface area contributed by atoms with Gasteiger partial charge in [0.05, 0.1) is 12.2 Å². The number of carbonyl (C=O) groups is 1. The molecule has 0 bridgehead atoms. The van der Waals surface area contributed by atoms with Crippen LogP contribution in [0.5, 0.6) is 5.75 Å². The first-order valence-electron chi connectivity index (χ1n) is 7.49. The van der Waals surface area contributed by atoms with Gasteiger partial charge in [-0.2, -0.15) is 0 Å². The van der Waals surface area contributed by atoms with Gasteiger partial charge in [0.2, 0.25) is 0 Å². The highest BCUT2D eigenvalue weighted by molar-refractivity contribution is 6.08. The van der Waals surface area contributed by atoms with Crippen molar-refractivity contribution in [2.75, 3.05) is 6.61 Å². The Morgan fingerprint density at radius 1 is 1.24 bits per heavy atom. The molecule has 5 nitrogen and oxygen atoms in total. The number of aromatic amines is 1. The van der Waals surface area contributed by atoms with Crippen LogP contribution in [0.25, 0.3) is 11.1 Å². The number of aromatic nitrogens is 1. The molecule has 0 aliphatic carbocycles. The van der Waals surface area contributed by atoms with Crippen molar-refractivity contribution in [1.29, 1.82) is 0 Å². The summed E-state index contributed by atoms with van der Waals surface area (Å²) < 4.78 is 10.8. The van der Waals surface area contributed by atoms with E-state index in [0.29, 0.717) is 35.4 Å². The zero-order valence-electron chi connectivity index (χ0n) is 12.5. The van der Waals surface area contributed by atoms with Crippen LogP contribution in [0.1, 0.15) is 56.3 Å². The molecule has 0 unspecified atom stereocenters. The molecule has 0 saturated carbocycles. The molecule has 1 aromatic heterocycles. The zero-order valence-corrected chi connectivity index (χ0v) is 12.5. The fourth-order valence-electron chi connectivity index (χ4n) is 2.28. The summed E-state index contributed by atoms with van der Waals surface area (Å²) in [6.45, 7) is 4.63. The van der Waals surface area contributed by atoms with Gasteiger partial charge in [0.25, 0.3) is 0 Å². The fraction of sp³-hybridized carbons (Fsp3) is 0.500. The van der Waals surface area contributed by atoms with Gasteiger partial charge in [0.15, 0.2) is 11.4 Å². The van der Waals surface area contributed by atoms with Crippen molar-refractivity contribution < 1.29 is 13.9 Å². The van der Waals surface area contributed by atoms with Crippen LogP contribution >= 0.6 is 0 Å². The lowest BCUT2D eigenvalue weighted by molar-refractivity contribution is 0.0979. The van der Waals surface area contributed by atoms with Crippen molar-refractivity contribution in [2.45, 2.75) is 46.0 Å². The van der Waals surface area contributed by atoms with Crippen LogP contribution in [0, 0.1) is 0 Å². The van der Waals surface area contributed by atoms with Crippen molar-refractivity contribution in [3.05, 3.63) is 28.2 Å². The maximum Gasteiger partial charge on any atom is 0.417 e. The van der Waals surface area contributed by atoms with Crippen molar-refractivity contribution >= 4 is 16.9 Å². The number of hydrogen-bond acceptors (Lipinski definition) is 4. The topological polar surface area (TPSA) is 72.3 Å². The largest absolute Gasteiger partial charge is 0.493 e. The number of Topliss-reactive ketones (excluding diaryl/α,β-unsaturated/α-hetero) is 1. The Labute approximate surface area is 123 Å². The predicted molar refractivity (Wildman–Crippen MR) is 81.1 cm³/mol. The minimum absolute atomic E-state index is 0.0364. The molecule has 0 spiro atoms. The highest BCUT2D eigenvalue weighted by Crippen LogP contribution is 2.28. The average molecular weight is 291 g/mol. The third kappa shape index (κ3) is 3.54. The second-order valence-corrected chi connectivity index (χ2v) is 5.06. The molecule has 0 saturated heterocycles. The van der Waals surface area contributed by atoms with E-state index in [1.165, 1.54) is 0 Å². The molecular weight excluding hydrogens is 270 g/mol. The number of unbranched alkanes of at least 4 members (excludes halogenated alkanes) is 2. The molecule has 114 valence electrons. The Hall–Kier alpha value is -2.04. The van der Waals surface area contributed by atoms with Crippen LogP contribution in [-0.2, 0) is 0 Å². The smallest absolute Gasteiger partial charge is 0.417 e. The number of rotatable bonds is 8. The van der Waals surface area contributed by atoms with E-state index in [2.05, 4.69) is 11.9 Å². The van der Waals surface area contributed by atoms with Gasteiger partial charge in [-0.25, -0.2) is 4.79 Å². The molecule has 0 atom stereocenters. The Morgan fingerprint density at radius 3 is 2.76 bits per heavy atom. The first kappa shape index (κ1) is 15.4. The lowest BCUT2D eigenvalue weighted by atomic mass is 10.0. The van der Waals surface area contributed by atoms with Gasteiger partial charge in [0.1, 0.15) is 11.3 Å². The Balaban J connectivity index is 2.36. The van der Waals surface area contributed by atoms with Crippen LogP contribution in [0.3, 0.4) is 0 Å². The first-order chi connectivity index (χ1) is 10.2. The van der Waals surface area contributed by atoms with Gasteiger partial charge in [-0.15, -0.1) is 0 Å². The molecule has 1 aromatic carbocycles. The van der Waals surface area contributed by atoms with E-state index in [-0.39, 0.29) is 5.78 Å². The molecule has 0 radical (unpaired) electrons. The summed E-state index contributed by atoms with van der Waals surface area (Å²) in [4.78, 5) is 26.3. The van der Waals surface area contributed by atoms with Gasteiger partial charge in [-0.05, 0) is 25.0 Å². The third-order valence-corrected chi connectivity index (χ3v) is 3.32. The maximum absolute atomic E-state index is 12.3. The number of H-pyrrole nitrogens is 1. The summed E-state index contributed by atoms with van der Waals surface area (Å²) in [7, 11) is 0. The Bertz CT molecular complexity index is 668. The molecule has 5 heteroatoms. The number of ether oxygens (including phenoxy) is 1. The van der Waals surface area contributed by atoms with Crippen LogP contribution in [0.2, 0.25) is 0 Å². The maximum atomic E-state index is 12.3. The molecule has 0 aliphatic rings. The summed E-state index contributed by atoms with van der Waals surface area (Å²) in [5, 5.41) is 0. The molecule has 21 heavy (non-hydrogen) atoms. The molecule has 0 amide bonds. The lowest BCUT2D eigenvalue weighted by Gasteiger charge is -2.11. The van der Waals surface area contributed by atoms with Crippen molar-refractivity contribution in [1.82, 2.24) is 4.98 Å². The van der Waals surface area contributed by atoms with Gasteiger partial charge in [-0.3, -0.25) is 9.78 Å². The van der Waals surface area contributed by atoms with Crippen LogP contribution in [0.15, 0.2) is 21.3 Å². The van der Waals surface area contributed by atoms with Gasteiger partial charge in [0, 0.05) is 6.42 Å². The van der Waals surface area contributed by atoms with Crippen molar-refractivity contribution in [3.63, 3.8) is 0 Å². The third-order valence-electron chi connectivity index (χ3n) is 3.32. The molecular formula is C16H21NO4. The Kier molecular flexibility index (Phi) is 5.20.